The van der Waals surface area contributed by atoms with E-state index >= 15 is 0 Å². The van der Waals surface area contributed by atoms with Crippen molar-refractivity contribution in [1.29, 1.82) is 0 Å². The van der Waals surface area contributed by atoms with Crippen LogP contribution in [0.25, 0.3) is 6.08 Å². The van der Waals surface area contributed by atoms with E-state index in [1.165, 1.54) is 15.3 Å². The van der Waals surface area contributed by atoms with Crippen molar-refractivity contribution < 1.29 is 9.53 Å². The first-order chi connectivity index (χ1) is 15.4. The van der Waals surface area contributed by atoms with Crippen LogP contribution in [0.3, 0.4) is 0 Å². The van der Waals surface area contributed by atoms with Crippen molar-refractivity contribution in [3.8, 4) is 5.75 Å². The Morgan fingerprint density at radius 1 is 1.16 bits per heavy atom. The minimum atomic E-state index is -0.188. The van der Waals surface area contributed by atoms with Crippen molar-refractivity contribution in [3.63, 3.8) is 0 Å². The second kappa shape index (κ2) is 10.4. The molecule has 0 atom stereocenters. The number of nitrogens with one attached hydrogen (secondary N) is 1. The maximum Gasteiger partial charge on any atom is 0.264 e. The Morgan fingerprint density at radius 3 is 2.56 bits per heavy atom. The van der Waals surface area contributed by atoms with Gasteiger partial charge < -0.3 is 10.1 Å². The molecule has 0 unspecified atom stereocenters. The lowest BCUT2D eigenvalue weighted by atomic mass is 10.2. The van der Waals surface area contributed by atoms with Crippen molar-refractivity contribution in [2.24, 2.45) is 4.99 Å². The second-order valence-corrected chi connectivity index (χ2v) is 10.6. The van der Waals surface area contributed by atoms with Crippen LogP contribution in [0, 0.1) is 10.5 Å². The van der Waals surface area contributed by atoms with E-state index in [1.54, 1.807) is 12.1 Å². The van der Waals surface area contributed by atoms with E-state index in [0.29, 0.717) is 27.5 Å². The van der Waals surface area contributed by atoms with Gasteiger partial charge in [-0.15, -0.1) is 0 Å². The summed E-state index contributed by atoms with van der Waals surface area (Å²) in [6.07, 6.45) is 1.79. The molecule has 1 aliphatic rings. The number of nitrogens with zero attached hydrogens (tertiary/aromatic N) is 1. The maximum absolute atomic E-state index is 12.4. The normalized spacial score (nSPS) is 15.9. The van der Waals surface area contributed by atoms with E-state index in [9.17, 15) is 4.79 Å². The number of aryl methyl sites for hydroxylation is 1. The van der Waals surface area contributed by atoms with Gasteiger partial charge in [-0.3, -0.25) is 4.79 Å². The number of halogens is 3. The van der Waals surface area contributed by atoms with Crippen LogP contribution < -0.4 is 10.1 Å². The molecule has 1 aliphatic heterocycles. The predicted octanol–water partition coefficient (Wildman–Crippen LogP) is 7.49. The molecule has 0 aliphatic carbocycles. The molecule has 1 fully saturated rings. The standard InChI is InChI=1S/C24H17BrClIN2O2S/c1-14-2-8-18(9-3-14)28-24-29-23(30)21(32-24)12-16-10-19(25)22(20(26)11-16)31-13-15-4-6-17(27)7-5-15/h2-12H,13H2,1H3,(H,28,29,30)/b21-12+. The Kier molecular flexibility index (Phi) is 7.60. The first-order valence-corrected chi connectivity index (χ1v) is 12.7. The summed E-state index contributed by atoms with van der Waals surface area (Å²) in [6, 6.07) is 19.6. The van der Waals surface area contributed by atoms with Crippen molar-refractivity contribution >= 4 is 84.7 Å². The third-order valence-corrected chi connectivity index (χ3v) is 7.03. The minimum absolute atomic E-state index is 0.188. The molecule has 4 rings (SSSR count). The molecule has 0 saturated carbocycles. The summed E-state index contributed by atoms with van der Waals surface area (Å²) in [5.41, 5.74) is 3.79. The van der Waals surface area contributed by atoms with Crippen LogP contribution in [-0.4, -0.2) is 11.1 Å². The van der Waals surface area contributed by atoms with E-state index in [4.69, 9.17) is 16.3 Å². The molecule has 0 spiro atoms. The van der Waals surface area contributed by atoms with E-state index < -0.39 is 0 Å². The van der Waals surface area contributed by atoms with Crippen molar-refractivity contribution in [2.75, 3.05) is 0 Å². The lowest BCUT2D eigenvalue weighted by Crippen LogP contribution is -2.19. The van der Waals surface area contributed by atoms with Crippen molar-refractivity contribution in [2.45, 2.75) is 13.5 Å². The number of hydrogen-bond donors (Lipinski definition) is 1. The highest BCUT2D eigenvalue weighted by atomic mass is 127. The monoisotopic (exact) mass is 638 g/mol. The molecule has 32 heavy (non-hydrogen) atoms. The summed E-state index contributed by atoms with van der Waals surface area (Å²) >= 11 is 13.6. The van der Waals surface area contributed by atoms with Crippen LogP contribution in [-0.2, 0) is 11.4 Å². The third kappa shape index (κ3) is 5.95. The number of amidine groups is 1. The molecule has 0 aromatic heterocycles. The number of carbonyl (C=O) groups excluding carboxylic acids is 1. The molecule has 162 valence electrons. The summed E-state index contributed by atoms with van der Waals surface area (Å²) in [4.78, 5) is 17.5. The molecule has 3 aromatic carbocycles. The van der Waals surface area contributed by atoms with Crippen LogP contribution in [0.2, 0.25) is 5.02 Å². The summed E-state index contributed by atoms with van der Waals surface area (Å²) in [6.45, 7) is 2.43. The second-order valence-electron chi connectivity index (χ2n) is 7.05. The van der Waals surface area contributed by atoms with Gasteiger partial charge in [0, 0.05) is 3.57 Å². The zero-order valence-corrected chi connectivity index (χ0v) is 22.2. The highest BCUT2D eigenvalue weighted by Crippen LogP contribution is 2.37. The minimum Gasteiger partial charge on any atom is -0.486 e. The lowest BCUT2D eigenvalue weighted by Gasteiger charge is -2.11. The van der Waals surface area contributed by atoms with Gasteiger partial charge in [0.15, 0.2) is 10.9 Å². The fraction of sp³-hybridized carbons (Fsp3) is 0.0833. The van der Waals surface area contributed by atoms with Gasteiger partial charge in [-0.25, -0.2) is 4.99 Å². The Bertz CT molecular complexity index is 1200. The van der Waals surface area contributed by atoms with Gasteiger partial charge in [0.05, 0.1) is 20.1 Å². The van der Waals surface area contributed by atoms with E-state index in [0.717, 1.165) is 26.9 Å². The van der Waals surface area contributed by atoms with E-state index in [-0.39, 0.29) is 5.91 Å². The molecule has 1 saturated heterocycles. The Labute approximate surface area is 217 Å². The van der Waals surface area contributed by atoms with Crippen molar-refractivity contribution in [1.82, 2.24) is 5.32 Å². The van der Waals surface area contributed by atoms with Crippen molar-refractivity contribution in [3.05, 3.63) is 95.3 Å². The molecule has 0 bridgehead atoms. The fourth-order valence-corrected chi connectivity index (χ4v) is 5.10. The Hall–Kier alpha value is -1.81. The number of carbonyl (C=O) groups is 1. The predicted molar refractivity (Wildman–Crippen MR) is 145 cm³/mol. The molecular formula is C24H17BrClIN2O2S. The quantitative estimate of drug-likeness (QED) is 0.233. The number of hydrogen-bond acceptors (Lipinski definition) is 4. The number of aliphatic imine (C=N–C) groups is 1. The summed E-state index contributed by atoms with van der Waals surface area (Å²) < 4.78 is 7.82. The van der Waals surface area contributed by atoms with Crippen LogP contribution in [0.1, 0.15) is 16.7 Å². The average Bonchev–Trinajstić information content (AvgIpc) is 3.09. The van der Waals surface area contributed by atoms with Gasteiger partial charge in [0.25, 0.3) is 5.91 Å². The topological polar surface area (TPSA) is 50.7 Å². The molecule has 3 aromatic rings. The molecule has 1 heterocycles. The Morgan fingerprint density at radius 2 is 1.88 bits per heavy atom. The molecule has 1 N–H and O–H groups in total. The number of benzene rings is 3. The van der Waals surface area contributed by atoms with E-state index in [1.807, 2.05) is 61.5 Å². The average molecular weight is 640 g/mol. The molecule has 0 radical (unpaired) electrons. The maximum atomic E-state index is 12.4. The van der Waals surface area contributed by atoms with E-state index in [2.05, 4.69) is 48.8 Å². The van der Waals surface area contributed by atoms with Gasteiger partial charge in [-0.2, -0.15) is 0 Å². The number of thioether (sulfide) groups is 1. The zero-order chi connectivity index (χ0) is 22.7. The first-order valence-electron chi connectivity index (χ1n) is 9.60. The van der Waals surface area contributed by atoms with Gasteiger partial charge in [-0.1, -0.05) is 41.4 Å². The third-order valence-electron chi connectivity index (χ3n) is 4.53. The van der Waals surface area contributed by atoms with Crippen LogP contribution in [0.15, 0.2) is 75.0 Å². The molecule has 8 heteroatoms. The zero-order valence-electron chi connectivity index (χ0n) is 16.9. The summed E-state index contributed by atoms with van der Waals surface area (Å²) in [5, 5.41) is 3.82. The highest BCUT2D eigenvalue weighted by molar-refractivity contribution is 14.1. The van der Waals surface area contributed by atoms with Crippen LogP contribution in [0.5, 0.6) is 5.75 Å². The smallest absolute Gasteiger partial charge is 0.264 e. The number of amides is 1. The number of ether oxygens (including phenoxy) is 1. The largest absolute Gasteiger partial charge is 0.486 e. The van der Waals surface area contributed by atoms with Gasteiger partial charge in [0.1, 0.15) is 6.61 Å². The van der Waals surface area contributed by atoms with Gasteiger partial charge in [0.2, 0.25) is 0 Å². The van der Waals surface area contributed by atoms with Crippen LogP contribution in [0.4, 0.5) is 5.69 Å². The van der Waals surface area contributed by atoms with Gasteiger partial charge in [-0.05, 0) is 111 Å². The fourth-order valence-electron chi connectivity index (χ4n) is 2.91. The Balaban J connectivity index is 1.49. The first kappa shape index (κ1) is 23.4. The highest BCUT2D eigenvalue weighted by Gasteiger charge is 2.24. The molecule has 4 nitrogen and oxygen atoms in total. The lowest BCUT2D eigenvalue weighted by molar-refractivity contribution is -0.115. The van der Waals surface area contributed by atoms with Gasteiger partial charge >= 0.3 is 0 Å². The SMILES string of the molecule is Cc1ccc(N=C2NC(=O)/C(=C\c3cc(Cl)c(OCc4ccc(I)cc4)c(Br)c3)S2)cc1. The molecular weight excluding hydrogens is 623 g/mol. The summed E-state index contributed by atoms with van der Waals surface area (Å²) in [7, 11) is 0. The number of rotatable bonds is 5. The summed E-state index contributed by atoms with van der Waals surface area (Å²) in [5.74, 6) is 0.379. The molecule has 1 amide bonds. The van der Waals surface area contributed by atoms with Crippen LogP contribution >= 0.6 is 61.9 Å².